The number of carbonyl (C=O) groups is 2. The summed E-state index contributed by atoms with van der Waals surface area (Å²) in [7, 11) is -4.37. The molecule has 7 nitrogen and oxygen atoms in total. The van der Waals surface area contributed by atoms with Gasteiger partial charge in [0.15, 0.2) is 0 Å². The second kappa shape index (κ2) is 13.7. The van der Waals surface area contributed by atoms with Crippen LogP contribution in [-0.2, 0) is 26.2 Å². The zero-order chi connectivity index (χ0) is 29.6. The number of carbonyl (C=O) groups excluding carboxylic acids is 2. The first kappa shape index (κ1) is 30.8. The highest BCUT2D eigenvalue weighted by Gasteiger charge is 2.34. The first-order valence-electron chi connectivity index (χ1n) is 13.4. The van der Waals surface area contributed by atoms with Gasteiger partial charge in [-0.1, -0.05) is 78.9 Å². The summed E-state index contributed by atoms with van der Waals surface area (Å²) < 4.78 is 43.2. The van der Waals surface area contributed by atoms with E-state index in [0.717, 1.165) is 42.5 Å². The zero-order valence-electron chi connectivity index (χ0n) is 22.6. The summed E-state index contributed by atoms with van der Waals surface area (Å²) in [5.74, 6) is -1.92. The van der Waals surface area contributed by atoms with Gasteiger partial charge in [-0.3, -0.25) is 13.9 Å². The molecule has 3 aromatic carbocycles. The van der Waals surface area contributed by atoms with Crippen LogP contribution in [0, 0.1) is 5.82 Å². The molecule has 4 rings (SSSR count). The van der Waals surface area contributed by atoms with Crippen LogP contribution in [0.15, 0.2) is 77.7 Å². The van der Waals surface area contributed by atoms with Gasteiger partial charge < -0.3 is 10.2 Å². The Bertz CT molecular complexity index is 1460. The lowest BCUT2D eigenvalue weighted by Gasteiger charge is -2.33. The Balaban J connectivity index is 1.71. The number of rotatable bonds is 10. The van der Waals surface area contributed by atoms with E-state index >= 15 is 4.39 Å². The number of amides is 2. The van der Waals surface area contributed by atoms with Gasteiger partial charge in [-0.2, -0.15) is 0 Å². The van der Waals surface area contributed by atoms with Crippen LogP contribution in [0.3, 0.4) is 0 Å². The van der Waals surface area contributed by atoms with E-state index in [9.17, 15) is 18.0 Å². The van der Waals surface area contributed by atoms with Crippen LogP contribution in [0.25, 0.3) is 0 Å². The van der Waals surface area contributed by atoms with Crippen LogP contribution in [0.1, 0.15) is 44.6 Å². The zero-order valence-corrected chi connectivity index (χ0v) is 24.9. The minimum atomic E-state index is -4.37. The Morgan fingerprint density at radius 1 is 0.927 bits per heavy atom. The number of anilines is 1. The molecular weight excluding hydrogens is 588 g/mol. The van der Waals surface area contributed by atoms with Gasteiger partial charge in [-0.15, -0.1) is 0 Å². The van der Waals surface area contributed by atoms with Crippen molar-refractivity contribution in [2.75, 3.05) is 10.8 Å². The molecule has 11 heteroatoms. The molecule has 1 aliphatic carbocycles. The summed E-state index contributed by atoms with van der Waals surface area (Å²) in [6, 6.07) is 16.7. The molecule has 1 fully saturated rings. The smallest absolute Gasteiger partial charge is 0.264 e. The number of hydrogen-bond acceptors (Lipinski definition) is 4. The van der Waals surface area contributed by atoms with Crippen molar-refractivity contribution in [2.45, 2.75) is 62.6 Å². The van der Waals surface area contributed by atoms with Gasteiger partial charge in [0.2, 0.25) is 11.8 Å². The van der Waals surface area contributed by atoms with E-state index < -0.39 is 34.3 Å². The number of halogens is 3. The molecule has 41 heavy (non-hydrogen) atoms. The third-order valence-corrected chi connectivity index (χ3v) is 9.72. The van der Waals surface area contributed by atoms with E-state index in [4.69, 9.17) is 23.2 Å². The number of nitrogens with zero attached hydrogens (tertiary/aromatic N) is 2. The highest BCUT2D eigenvalue weighted by molar-refractivity contribution is 7.92. The van der Waals surface area contributed by atoms with Crippen molar-refractivity contribution in [3.05, 3.63) is 94.2 Å². The molecule has 0 aromatic heterocycles. The monoisotopic (exact) mass is 619 g/mol. The lowest BCUT2D eigenvalue weighted by atomic mass is 9.95. The van der Waals surface area contributed by atoms with Crippen molar-refractivity contribution < 1.29 is 22.4 Å². The molecule has 2 amide bonds. The maximum atomic E-state index is 15.0. The number of hydrogen-bond donors (Lipinski definition) is 1. The van der Waals surface area contributed by atoms with Crippen LogP contribution in [0.5, 0.6) is 0 Å². The summed E-state index contributed by atoms with van der Waals surface area (Å²) in [5, 5.41) is 3.61. The molecule has 1 atom stereocenters. The minimum Gasteiger partial charge on any atom is -0.352 e. The molecule has 0 heterocycles. The third kappa shape index (κ3) is 7.39. The van der Waals surface area contributed by atoms with Crippen molar-refractivity contribution in [3.63, 3.8) is 0 Å². The maximum Gasteiger partial charge on any atom is 0.264 e. The summed E-state index contributed by atoms with van der Waals surface area (Å²) in [6.07, 6.45) is 4.82. The molecular formula is C30H32Cl2FN3O4S. The lowest BCUT2D eigenvalue weighted by molar-refractivity contribution is -0.139. The first-order valence-corrected chi connectivity index (χ1v) is 15.6. The lowest BCUT2D eigenvalue weighted by Crippen LogP contribution is -2.53. The summed E-state index contributed by atoms with van der Waals surface area (Å²) in [4.78, 5) is 28.5. The van der Waals surface area contributed by atoms with E-state index in [1.54, 1.807) is 31.2 Å². The highest BCUT2D eigenvalue weighted by Crippen LogP contribution is 2.29. The Hall–Kier alpha value is -3.14. The number of benzene rings is 3. The van der Waals surface area contributed by atoms with Gasteiger partial charge in [0.25, 0.3) is 10.0 Å². The fourth-order valence-electron chi connectivity index (χ4n) is 4.89. The molecule has 0 unspecified atom stereocenters. The average molecular weight is 621 g/mol. The number of nitrogens with one attached hydrogen (secondary N) is 1. The van der Waals surface area contributed by atoms with Gasteiger partial charge in [-0.05, 0) is 56.2 Å². The molecule has 1 aliphatic rings. The van der Waals surface area contributed by atoms with Crippen molar-refractivity contribution in [2.24, 2.45) is 0 Å². The second-order valence-corrected chi connectivity index (χ2v) is 12.7. The van der Waals surface area contributed by atoms with E-state index in [-0.39, 0.29) is 39.1 Å². The van der Waals surface area contributed by atoms with Crippen LogP contribution in [0.2, 0.25) is 10.0 Å². The van der Waals surface area contributed by atoms with E-state index in [1.165, 1.54) is 47.4 Å². The molecule has 3 aromatic rings. The van der Waals surface area contributed by atoms with Crippen LogP contribution in [-0.4, -0.2) is 43.8 Å². The SMILES string of the molecule is C[C@@H](C(=O)NC1CCCCC1)N(Cc1c(Cl)cccc1Cl)C(=O)CN(c1ccccc1F)S(=O)(=O)c1ccccc1. The van der Waals surface area contributed by atoms with E-state index in [1.807, 2.05) is 0 Å². The fourth-order valence-corrected chi connectivity index (χ4v) is 6.85. The maximum absolute atomic E-state index is 15.0. The molecule has 0 spiro atoms. The van der Waals surface area contributed by atoms with Crippen LogP contribution in [0.4, 0.5) is 10.1 Å². The predicted molar refractivity (Wildman–Crippen MR) is 159 cm³/mol. The summed E-state index contributed by atoms with van der Waals surface area (Å²) in [5.41, 5.74) is 0.115. The second-order valence-electron chi connectivity index (χ2n) is 10.0. The Kier molecular flexibility index (Phi) is 10.3. The van der Waals surface area contributed by atoms with Gasteiger partial charge >= 0.3 is 0 Å². The predicted octanol–water partition coefficient (Wildman–Crippen LogP) is 6.19. The van der Waals surface area contributed by atoms with E-state index in [0.29, 0.717) is 5.56 Å². The van der Waals surface area contributed by atoms with E-state index in [2.05, 4.69) is 5.32 Å². The van der Waals surface area contributed by atoms with Crippen molar-refractivity contribution in [1.29, 1.82) is 0 Å². The quantitative estimate of drug-likeness (QED) is 0.293. The number of sulfonamides is 1. The molecule has 0 aliphatic heterocycles. The molecule has 0 radical (unpaired) electrons. The van der Waals surface area contributed by atoms with Gasteiger partial charge in [-0.25, -0.2) is 12.8 Å². The Morgan fingerprint density at radius 3 is 2.17 bits per heavy atom. The molecule has 1 N–H and O–H groups in total. The highest BCUT2D eigenvalue weighted by atomic mass is 35.5. The molecule has 0 saturated heterocycles. The largest absolute Gasteiger partial charge is 0.352 e. The van der Waals surface area contributed by atoms with Crippen molar-refractivity contribution >= 4 is 50.7 Å². The average Bonchev–Trinajstić information content (AvgIpc) is 2.96. The topological polar surface area (TPSA) is 86.8 Å². The molecule has 218 valence electrons. The summed E-state index contributed by atoms with van der Waals surface area (Å²) in [6.45, 7) is 0.647. The van der Waals surface area contributed by atoms with Crippen molar-refractivity contribution in [3.8, 4) is 0 Å². The van der Waals surface area contributed by atoms with Crippen molar-refractivity contribution in [1.82, 2.24) is 10.2 Å². The Labute approximate surface area is 250 Å². The summed E-state index contributed by atoms with van der Waals surface area (Å²) >= 11 is 12.8. The number of para-hydroxylation sites is 1. The molecule has 1 saturated carbocycles. The van der Waals surface area contributed by atoms with Crippen LogP contribution < -0.4 is 9.62 Å². The van der Waals surface area contributed by atoms with Gasteiger partial charge in [0.1, 0.15) is 18.4 Å². The fraction of sp³-hybridized carbons (Fsp3) is 0.333. The Morgan fingerprint density at radius 2 is 1.54 bits per heavy atom. The third-order valence-electron chi connectivity index (χ3n) is 7.24. The minimum absolute atomic E-state index is 0.00655. The molecule has 0 bridgehead atoms. The van der Waals surface area contributed by atoms with Gasteiger partial charge in [0, 0.05) is 28.2 Å². The first-order chi connectivity index (χ1) is 19.6. The van der Waals surface area contributed by atoms with Gasteiger partial charge in [0.05, 0.1) is 10.6 Å². The standard InChI is InChI=1S/C30H32Cl2FN3O4S/c1-21(30(38)34-22-11-4-2-5-12-22)35(19-24-25(31)15-10-16-26(24)32)29(37)20-36(28-18-9-8-17-27(28)33)41(39,40)23-13-6-3-7-14-23/h3,6-10,13-18,21-22H,2,4-5,11-12,19-20H2,1H3,(H,34,38)/t21-/m0/s1. The normalized spacial score (nSPS) is 14.7. The van der Waals surface area contributed by atoms with Crippen LogP contribution >= 0.6 is 23.2 Å².